The summed E-state index contributed by atoms with van der Waals surface area (Å²) >= 11 is 0. The van der Waals surface area contributed by atoms with E-state index in [9.17, 15) is 14.0 Å². The highest BCUT2D eigenvalue weighted by molar-refractivity contribution is 6.00. The van der Waals surface area contributed by atoms with Crippen molar-refractivity contribution in [1.29, 1.82) is 0 Å². The smallest absolute Gasteiger partial charge is 0.262 e. The molecule has 0 unspecified atom stereocenters. The summed E-state index contributed by atoms with van der Waals surface area (Å²) in [4.78, 5) is 26.7. The largest absolute Gasteiger partial charge is 0.490 e. The van der Waals surface area contributed by atoms with Gasteiger partial charge >= 0.3 is 0 Å². The van der Waals surface area contributed by atoms with Gasteiger partial charge in [-0.05, 0) is 44.5 Å². The van der Waals surface area contributed by atoms with Crippen LogP contribution in [-0.4, -0.2) is 54.7 Å². The second-order valence-electron chi connectivity index (χ2n) is 8.77. The van der Waals surface area contributed by atoms with Crippen molar-refractivity contribution in [2.45, 2.75) is 45.4 Å². The van der Waals surface area contributed by atoms with Crippen molar-refractivity contribution in [3.63, 3.8) is 0 Å². The Hall–Kier alpha value is -3.49. The molecule has 0 bridgehead atoms. The number of anilines is 1. The Morgan fingerprint density at radius 3 is 2.79 bits per heavy atom. The molecule has 2 atom stereocenters. The number of nitrogens with one attached hydrogen (secondary N) is 1. The number of amides is 2. The van der Waals surface area contributed by atoms with Crippen LogP contribution < -0.4 is 24.3 Å². The lowest BCUT2D eigenvalue weighted by molar-refractivity contribution is -0.118. The van der Waals surface area contributed by atoms with E-state index in [0.29, 0.717) is 41.5 Å². The molecule has 1 N–H and O–H groups in total. The zero-order valence-electron chi connectivity index (χ0n) is 18.6. The fourth-order valence-electron chi connectivity index (χ4n) is 4.42. The standard InChI is InChI=1S/C24H25FN2O6/c1-12(2)32-23-21-19(6-13(3)22(23)25)30-10-14-7-16(9-27(14)24(21)29)33-15-4-5-18-17(8-15)26-20(28)11-31-18/h4-6,8,12,14,16H,7,9-11H2,1-3H3,(H,26,28)/t14-,16+/m1/s1. The first-order valence-corrected chi connectivity index (χ1v) is 11.0. The molecule has 3 heterocycles. The van der Waals surface area contributed by atoms with E-state index in [1.165, 1.54) is 0 Å². The van der Waals surface area contributed by atoms with Gasteiger partial charge in [-0.25, -0.2) is 4.39 Å². The Kier molecular flexibility index (Phi) is 5.26. The van der Waals surface area contributed by atoms with Crippen LogP contribution in [0.15, 0.2) is 24.3 Å². The van der Waals surface area contributed by atoms with Crippen LogP contribution >= 0.6 is 0 Å². The predicted octanol–water partition coefficient (Wildman–Crippen LogP) is 3.31. The number of halogens is 1. The van der Waals surface area contributed by atoms with Crippen LogP contribution in [0.4, 0.5) is 10.1 Å². The van der Waals surface area contributed by atoms with Crippen molar-refractivity contribution >= 4 is 17.5 Å². The van der Waals surface area contributed by atoms with Gasteiger partial charge in [-0.1, -0.05) is 0 Å². The molecule has 0 spiro atoms. The first-order valence-electron chi connectivity index (χ1n) is 11.0. The summed E-state index contributed by atoms with van der Waals surface area (Å²) in [5, 5.41) is 2.76. The third-order valence-corrected chi connectivity index (χ3v) is 5.89. The molecule has 0 radical (unpaired) electrons. The SMILES string of the molecule is Cc1cc2c(c(OC(C)C)c1F)C(=O)N1C[C@@H](Oc3ccc4c(c3)NC(=O)CO4)C[C@@H]1CO2. The van der Waals surface area contributed by atoms with Crippen molar-refractivity contribution in [1.82, 2.24) is 4.90 Å². The summed E-state index contributed by atoms with van der Waals surface area (Å²) in [5.74, 6) is 0.297. The molecule has 174 valence electrons. The number of hydrogen-bond donors (Lipinski definition) is 1. The number of fused-ring (bicyclic) bond motifs is 3. The Labute approximate surface area is 190 Å². The average Bonchev–Trinajstić information content (AvgIpc) is 3.12. The first-order chi connectivity index (χ1) is 15.8. The summed E-state index contributed by atoms with van der Waals surface area (Å²) < 4.78 is 38.1. The van der Waals surface area contributed by atoms with Crippen LogP contribution in [0.3, 0.4) is 0 Å². The first kappa shape index (κ1) is 21.4. The third-order valence-electron chi connectivity index (χ3n) is 5.89. The predicted molar refractivity (Wildman–Crippen MR) is 117 cm³/mol. The quantitative estimate of drug-likeness (QED) is 0.760. The Balaban J connectivity index is 1.38. The number of carbonyl (C=O) groups is 2. The van der Waals surface area contributed by atoms with Gasteiger partial charge in [0.05, 0.1) is 24.4 Å². The molecule has 3 aliphatic heterocycles. The maximum absolute atomic E-state index is 14.9. The lowest BCUT2D eigenvalue weighted by Crippen LogP contribution is -2.37. The minimum absolute atomic E-state index is 0.0152. The molecule has 1 saturated heterocycles. The highest BCUT2D eigenvalue weighted by Crippen LogP contribution is 2.40. The maximum atomic E-state index is 14.9. The monoisotopic (exact) mass is 456 g/mol. The van der Waals surface area contributed by atoms with Gasteiger partial charge in [0.1, 0.15) is 35.5 Å². The van der Waals surface area contributed by atoms with Crippen LogP contribution in [-0.2, 0) is 4.79 Å². The highest BCUT2D eigenvalue weighted by atomic mass is 19.1. The Bertz CT molecular complexity index is 1130. The van der Waals surface area contributed by atoms with Crippen molar-refractivity contribution in [3.8, 4) is 23.0 Å². The molecule has 2 aromatic rings. The van der Waals surface area contributed by atoms with Crippen molar-refractivity contribution < 1.29 is 32.9 Å². The second-order valence-corrected chi connectivity index (χ2v) is 8.77. The molecule has 5 rings (SSSR count). The molecule has 2 aromatic carbocycles. The zero-order chi connectivity index (χ0) is 23.3. The molecule has 0 aromatic heterocycles. The van der Waals surface area contributed by atoms with Crippen molar-refractivity contribution in [3.05, 3.63) is 41.2 Å². The van der Waals surface area contributed by atoms with Gasteiger partial charge in [0.15, 0.2) is 18.2 Å². The number of carbonyl (C=O) groups excluding carboxylic acids is 2. The zero-order valence-corrected chi connectivity index (χ0v) is 18.6. The Morgan fingerprint density at radius 1 is 1.18 bits per heavy atom. The summed E-state index contributed by atoms with van der Waals surface area (Å²) in [6.07, 6.45) is -0.0332. The minimum Gasteiger partial charge on any atom is -0.490 e. The lowest BCUT2D eigenvalue weighted by Gasteiger charge is -2.22. The number of hydrogen-bond acceptors (Lipinski definition) is 6. The minimum atomic E-state index is -0.553. The van der Waals surface area contributed by atoms with Crippen molar-refractivity contribution in [2.24, 2.45) is 0 Å². The van der Waals surface area contributed by atoms with E-state index in [-0.39, 0.29) is 54.6 Å². The third kappa shape index (κ3) is 3.92. The molecule has 1 fully saturated rings. The van der Waals surface area contributed by atoms with Crippen LogP contribution in [0.1, 0.15) is 36.2 Å². The molecule has 3 aliphatic rings. The lowest BCUT2D eigenvalue weighted by atomic mass is 10.1. The van der Waals surface area contributed by atoms with Gasteiger partial charge in [-0.2, -0.15) is 0 Å². The summed E-state index contributed by atoms with van der Waals surface area (Å²) in [5.41, 5.74) is 1.03. The molecule has 33 heavy (non-hydrogen) atoms. The molecular weight excluding hydrogens is 431 g/mol. The maximum Gasteiger partial charge on any atom is 0.262 e. The fourth-order valence-corrected chi connectivity index (χ4v) is 4.42. The van der Waals surface area contributed by atoms with Gasteiger partial charge in [0.2, 0.25) is 0 Å². The Morgan fingerprint density at radius 2 is 2.00 bits per heavy atom. The number of rotatable bonds is 4. The molecular formula is C24H25FN2O6. The van der Waals surface area contributed by atoms with Crippen LogP contribution in [0.5, 0.6) is 23.0 Å². The van der Waals surface area contributed by atoms with Crippen LogP contribution in [0.2, 0.25) is 0 Å². The van der Waals surface area contributed by atoms with Crippen LogP contribution in [0.25, 0.3) is 0 Å². The highest BCUT2D eigenvalue weighted by Gasteiger charge is 2.42. The van der Waals surface area contributed by atoms with E-state index in [1.807, 2.05) is 0 Å². The molecule has 2 amide bonds. The summed E-state index contributed by atoms with van der Waals surface area (Å²) in [6, 6.07) is 6.54. The molecule has 0 saturated carbocycles. The number of benzene rings is 2. The fraction of sp³-hybridized carbons (Fsp3) is 0.417. The van der Waals surface area contributed by atoms with Gasteiger partial charge in [-0.15, -0.1) is 0 Å². The van der Waals surface area contributed by atoms with Gasteiger partial charge in [-0.3, -0.25) is 9.59 Å². The van der Waals surface area contributed by atoms with E-state index in [2.05, 4.69) is 5.32 Å². The van der Waals surface area contributed by atoms with E-state index < -0.39 is 5.82 Å². The number of nitrogens with zero attached hydrogens (tertiary/aromatic N) is 1. The summed E-state index contributed by atoms with van der Waals surface area (Å²) in [7, 11) is 0. The van der Waals surface area contributed by atoms with Gasteiger partial charge in [0, 0.05) is 12.5 Å². The van der Waals surface area contributed by atoms with E-state index in [4.69, 9.17) is 18.9 Å². The van der Waals surface area contributed by atoms with Crippen LogP contribution in [0, 0.1) is 12.7 Å². The van der Waals surface area contributed by atoms with E-state index in [1.54, 1.807) is 49.9 Å². The average molecular weight is 456 g/mol. The topological polar surface area (TPSA) is 86.3 Å². The number of ether oxygens (including phenoxy) is 4. The van der Waals surface area contributed by atoms with E-state index in [0.717, 1.165) is 0 Å². The van der Waals surface area contributed by atoms with Crippen molar-refractivity contribution in [2.75, 3.05) is 25.1 Å². The summed E-state index contributed by atoms with van der Waals surface area (Å²) in [6.45, 7) is 5.77. The normalized spacial score (nSPS) is 21.3. The molecule has 8 nitrogen and oxygen atoms in total. The molecule has 9 heteroatoms. The van der Waals surface area contributed by atoms with E-state index >= 15 is 0 Å². The second kappa shape index (κ2) is 8.13. The van der Waals surface area contributed by atoms with Gasteiger partial charge < -0.3 is 29.2 Å². The van der Waals surface area contributed by atoms with Gasteiger partial charge in [0.25, 0.3) is 11.8 Å². The molecule has 0 aliphatic carbocycles. The number of aryl methyl sites for hydroxylation is 1.